The predicted octanol–water partition coefficient (Wildman–Crippen LogP) is 2.69. The van der Waals surface area contributed by atoms with Crippen molar-refractivity contribution in [3.63, 3.8) is 0 Å². The third-order valence-corrected chi connectivity index (χ3v) is 3.98. The van der Waals surface area contributed by atoms with Crippen LogP contribution in [0.15, 0.2) is 42.5 Å². The van der Waals surface area contributed by atoms with Crippen LogP contribution in [0.2, 0.25) is 10.0 Å². The molecule has 0 radical (unpaired) electrons. The number of amides is 2. The smallest absolute Gasteiger partial charge is 0.258 e. The van der Waals surface area contributed by atoms with Crippen molar-refractivity contribution in [2.45, 2.75) is 0 Å². The van der Waals surface area contributed by atoms with E-state index in [0.29, 0.717) is 27.3 Å². The molecule has 7 nitrogen and oxygen atoms in total. The fraction of sp³-hybridized carbons (Fsp3) is 0.263. The third kappa shape index (κ3) is 7.17. The highest BCUT2D eigenvalue weighted by molar-refractivity contribution is 6.35. The van der Waals surface area contributed by atoms with E-state index in [-0.39, 0.29) is 38.1 Å². The van der Waals surface area contributed by atoms with Gasteiger partial charge < -0.3 is 24.8 Å². The molecule has 0 bridgehead atoms. The van der Waals surface area contributed by atoms with Gasteiger partial charge in [0.05, 0.1) is 12.1 Å². The molecule has 0 aliphatic heterocycles. The molecular weight excluding hydrogens is 407 g/mol. The zero-order chi connectivity index (χ0) is 20.4. The second-order valence-electron chi connectivity index (χ2n) is 5.50. The van der Waals surface area contributed by atoms with Gasteiger partial charge in [0, 0.05) is 18.1 Å². The molecular formula is C19H20Cl2N2O5. The van der Waals surface area contributed by atoms with Crippen LogP contribution in [0.1, 0.15) is 0 Å². The van der Waals surface area contributed by atoms with Gasteiger partial charge in [0.1, 0.15) is 5.75 Å². The van der Waals surface area contributed by atoms with E-state index in [1.54, 1.807) is 36.4 Å². The summed E-state index contributed by atoms with van der Waals surface area (Å²) in [5, 5.41) is 6.06. The van der Waals surface area contributed by atoms with Crippen molar-refractivity contribution in [2.75, 3.05) is 33.4 Å². The van der Waals surface area contributed by atoms with Crippen LogP contribution in [-0.2, 0) is 9.59 Å². The number of nitrogens with one attached hydrogen (secondary N) is 2. The molecule has 2 rings (SSSR count). The summed E-state index contributed by atoms with van der Waals surface area (Å²) in [4.78, 5) is 23.6. The number of methoxy groups -OCH3 is 1. The molecule has 0 fully saturated rings. The summed E-state index contributed by atoms with van der Waals surface area (Å²) < 4.78 is 15.9. The van der Waals surface area contributed by atoms with Crippen LogP contribution in [0.3, 0.4) is 0 Å². The van der Waals surface area contributed by atoms with E-state index in [4.69, 9.17) is 37.4 Å². The maximum absolute atomic E-state index is 11.8. The normalized spacial score (nSPS) is 10.1. The van der Waals surface area contributed by atoms with Crippen molar-refractivity contribution in [2.24, 2.45) is 0 Å². The molecule has 0 spiro atoms. The lowest BCUT2D eigenvalue weighted by Gasteiger charge is -2.11. The maximum atomic E-state index is 11.8. The molecule has 28 heavy (non-hydrogen) atoms. The Kier molecular flexibility index (Phi) is 8.71. The highest BCUT2D eigenvalue weighted by Gasteiger charge is 2.08. The highest BCUT2D eigenvalue weighted by Crippen LogP contribution is 2.27. The Morgan fingerprint density at radius 3 is 2.00 bits per heavy atom. The zero-order valence-electron chi connectivity index (χ0n) is 15.2. The summed E-state index contributed by atoms with van der Waals surface area (Å²) >= 11 is 11.8. The molecule has 2 N–H and O–H groups in total. The number of ether oxygens (including phenoxy) is 3. The van der Waals surface area contributed by atoms with Gasteiger partial charge in [0.2, 0.25) is 0 Å². The Hall–Kier alpha value is -2.64. The molecule has 2 aromatic rings. The van der Waals surface area contributed by atoms with E-state index < -0.39 is 0 Å². The predicted molar refractivity (Wildman–Crippen MR) is 106 cm³/mol. The number of benzene rings is 2. The van der Waals surface area contributed by atoms with Crippen LogP contribution in [0.5, 0.6) is 17.2 Å². The Morgan fingerprint density at radius 1 is 0.857 bits per heavy atom. The molecule has 0 aliphatic carbocycles. The van der Waals surface area contributed by atoms with Crippen LogP contribution in [0, 0.1) is 0 Å². The minimum Gasteiger partial charge on any atom is -0.493 e. The van der Waals surface area contributed by atoms with Crippen molar-refractivity contribution in [1.29, 1.82) is 0 Å². The van der Waals surface area contributed by atoms with Crippen molar-refractivity contribution in [1.82, 2.24) is 10.6 Å². The van der Waals surface area contributed by atoms with Gasteiger partial charge >= 0.3 is 0 Å². The minimum atomic E-state index is -0.342. The van der Waals surface area contributed by atoms with Gasteiger partial charge in [-0.05, 0) is 30.3 Å². The van der Waals surface area contributed by atoms with E-state index >= 15 is 0 Å². The van der Waals surface area contributed by atoms with Gasteiger partial charge in [-0.3, -0.25) is 9.59 Å². The molecule has 0 atom stereocenters. The molecule has 2 aromatic carbocycles. The highest BCUT2D eigenvalue weighted by atomic mass is 35.5. The van der Waals surface area contributed by atoms with Gasteiger partial charge in [-0.2, -0.15) is 0 Å². The quantitative estimate of drug-likeness (QED) is 0.570. The summed E-state index contributed by atoms with van der Waals surface area (Å²) in [7, 11) is 1.52. The van der Waals surface area contributed by atoms with Gasteiger partial charge in [-0.15, -0.1) is 0 Å². The topological polar surface area (TPSA) is 85.9 Å². The Bertz CT molecular complexity index is 817. The summed E-state index contributed by atoms with van der Waals surface area (Å²) in [6.45, 7) is 0.136. The summed E-state index contributed by atoms with van der Waals surface area (Å²) in [6.07, 6.45) is 0. The minimum absolute atomic E-state index is 0.160. The van der Waals surface area contributed by atoms with Crippen LogP contribution in [-0.4, -0.2) is 45.2 Å². The lowest BCUT2D eigenvalue weighted by Crippen LogP contribution is -2.38. The van der Waals surface area contributed by atoms with Gasteiger partial charge in [-0.1, -0.05) is 35.3 Å². The van der Waals surface area contributed by atoms with E-state index in [1.165, 1.54) is 13.2 Å². The number of halogens is 2. The average Bonchev–Trinajstić information content (AvgIpc) is 2.69. The Balaban J connectivity index is 1.61. The van der Waals surface area contributed by atoms with Crippen LogP contribution >= 0.6 is 23.2 Å². The van der Waals surface area contributed by atoms with Gasteiger partial charge in [0.15, 0.2) is 24.7 Å². The monoisotopic (exact) mass is 426 g/mol. The van der Waals surface area contributed by atoms with Crippen molar-refractivity contribution < 1.29 is 23.8 Å². The van der Waals surface area contributed by atoms with E-state index in [2.05, 4.69) is 10.6 Å². The van der Waals surface area contributed by atoms with E-state index in [1.807, 2.05) is 0 Å². The zero-order valence-corrected chi connectivity index (χ0v) is 16.7. The Morgan fingerprint density at radius 2 is 1.43 bits per heavy atom. The SMILES string of the molecule is COc1ccccc1OCC(=O)NCCNC(=O)COc1ccc(Cl)cc1Cl. The number of carbonyl (C=O) groups is 2. The summed E-state index contributed by atoms with van der Waals surface area (Å²) in [5.74, 6) is 0.729. The first-order valence-corrected chi connectivity index (χ1v) is 9.12. The van der Waals surface area contributed by atoms with E-state index in [0.717, 1.165) is 0 Å². The average molecular weight is 427 g/mol. The molecule has 9 heteroatoms. The Labute approximate surface area is 172 Å². The van der Waals surface area contributed by atoms with Crippen molar-refractivity contribution in [3.8, 4) is 17.2 Å². The number of carbonyl (C=O) groups excluding carboxylic acids is 2. The molecule has 0 aliphatic rings. The molecule has 0 saturated heterocycles. The van der Waals surface area contributed by atoms with Crippen molar-refractivity contribution >= 4 is 35.0 Å². The summed E-state index contributed by atoms with van der Waals surface area (Å²) in [5.41, 5.74) is 0. The molecule has 2 amide bonds. The molecule has 0 heterocycles. The van der Waals surface area contributed by atoms with Gasteiger partial charge in [-0.25, -0.2) is 0 Å². The molecule has 150 valence electrons. The molecule has 0 aromatic heterocycles. The first-order valence-electron chi connectivity index (χ1n) is 8.36. The number of para-hydroxylation sites is 2. The third-order valence-electron chi connectivity index (χ3n) is 3.45. The molecule has 0 saturated carbocycles. The lowest BCUT2D eigenvalue weighted by atomic mass is 10.3. The first kappa shape index (κ1) is 21.7. The fourth-order valence-corrected chi connectivity index (χ4v) is 2.59. The number of hydrogen-bond acceptors (Lipinski definition) is 5. The number of hydrogen-bond donors (Lipinski definition) is 2. The summed E-state index contributed by atoms with van der Waals surface area (Å²) in [6, 6.07) is 11.8. The van der Waals surface area contributed by atoms with Gasteiger partial charge in [0.25, 0.3) is 11.8 Å². The largest absolute Gasteiger partial charge is 0.493 e. The second-order valence-corrected chi connectivity index (χ2v) is 6.35. The van der Waals surface area contributed by atoms with Crippen LogP contribution in [0.4, 0.5) is 0 Å². The standard InChI is InChI=1S/C19H20Cl2N2O5/c1-26-16-4-2-3-5-17(16)28-12-19(25)23-9-8-22-18(24)11-27-15-7-6-13(20)10-14(15)21/h2-7,10H,8-9,11-12H2,1H3,(H,22,24)(H,23,25). The van der Waals surface area contributed by atoms with Crippen LogP contribution < -0.4 is 24.8 Å². The maximum Gasteiger partial charge on any atom is 0.258 e. The number of rotatable bonds is 10. The van der Waals surface area contributed by atoms with Crippen LogP contribution in [0.25, 0.3) is 0 Å². The molecule has 0 unspecified atom stereocenters. The fourth-order valence-electron chi connectivity index (χ4n) is 2.12. The van der Waals surface area contributed by atoms with E-state index in [9.17, 15) is 9.59 Å². The lowest BCUT2D eigenvalue weighted by molar-refractivity contribution is -0.124. The van der Waals surface area contributed by atoms with Crippen molar-refractivity contribution in [3.05, 3.63) is 52.5 Å². The second kappa shape index (κ2) is 11.3. The first-order chi connectivity index (χ1) is 13.5.